The van der Waals surface area contributed by atoms with Gasteiger partial charge in [-0.2, -0.15) is 5.10 Å². The fraction of sp³-hybridized carbons (Fsp3) is 0.0357. The van der Waals surface area contributed by atoms with Crippen molar-refractivity contribution in [2.45, 2.75) is 16.4 Å². The Bertz CT molecular complexity index is 1510. The molecule has 5 aromatic rings. The molecule has 35 heavy (non-hydrogen) atoms. The Morgan fingerprint density at radius 1 is 0.971 bits per heavy atom. The lowest BCUT2D eigenvalue weighted by Gasteiger charge is -2.12. The smallest absolute Gasteiger partial charge is 0.256 e. The van der Waals surface area contributed by atoms with Crippen LogP contribution >= 0.6 is 11.8 Å². The van der Waals surface area contributed by atoms with E-state index in [0.29, 0.717) is 16.8 Å². The number of rotatable bonds is 7. The first kappa shape index (κ1) is 22.6. The molecule has 0 bridgehead atoms. The van der Waals surface area contributed by atoms with E-state index in [2.05, 4.69) is 20.5 Å². The lowest BCUT2D eigenvalue weighted by molar-refractivity contribution is 0.102. The molecule has 2 aromatic heterocycles. The highest BCUT2D eigenvalue weighted by Crippen LogP contribution is 2.33. The first-order chi connectivity index (χ1) is 17.2. The van der Waals surface area contributed by atoms with Gasteiger partial charge in [0.15, 0.2) is 0 Å². The molecule has 0 saturated heterocycles. The Balaban J connectivity index is 1.37. The second-order valence-electron chi connectivity index (χ2n) is 7.77. The maximum Gasteiger partial charge on any atom is 0.256 e. The molecule has 0 saturated carbocycles. The van der Waals surface area contributed by atoms with E-state index in [9.17, 15) is 9.90 Å². The van der Waals surface area contributed by atoms with E-state index in [1.807, 2.05) is 78.9 Å². The summed E-state index contributed by atoms with van der Waals surface area (Å²) in [5.74, 6) is -0.224. The summed E-state index contributed by atoms with van der Waals surface area (Å²) in [7, 11) is 0. The second-order valence-corrected chi connectivity index (χ2v) is 8.89. The van der Waals surface area contributed by atoms with Crippen molar-refractivity contribution in [2.24, 2.45) is 0 Å². The number of nitrogens with zero attached hydrogens (tertiary/aromatic N) is 2. The minimum Gasteiger partial charge on any atom is -0.392 e. The first-order valence-corrected chi connectivity index (χ1v) is 11.9. The fourth-order valence-electron chi connectivity index (χ4n) is 3.69. The Morgan fingerprint density at radius 3 is 2.66 bits per heavy atom. The summed E-state index contributed by atoms with van der Waals surface area (Å²) in [6.45, 7) is -0.143. The number of anilines is 1. The fourth-order valence-corrected chi connectivity index (χ4v) is 4.67. The number of H-pyrrole nitrogens is 1. The predicted octanol–water partition coefficient (Wildman–Crippen LogP) is 6.02. The summed E-state index contributed by atoms with van der Waals surface area (Å²) in [5.41, 5.74) is 4.45. The van der Waals surface area contributed by atoms with Crippen molar-refractivity contribution < 1.29 is 9.90 Å². The normalized spacial score (nSPS) is 11.2. The zero-order chi connectivity index (χ0) is 24.0. The summed E-state index contributed by atoms with van der Waals surface area (Å²) >= 11 is 1.51. The number of aliphatic hydroxyl groups is 1. The van der Waals surface area contributed by atoms with Crippen molar-refractivity contribution >= 4 is 46.4 Å². The zero-order valence-electron chi connectivity index (χ0n) is 18.7. The van der Waals surface area contributed by atoms with E-state index >= 15 is 0 Å². The molecule has 0 aliphatic carbocycles. The van der Waals surface area contributed by atoms with Crippen LogP contribution in [-0.4, -0.2) is 26.2 Å². The van der Waals surface area contributed by atoms with Crippen LogP contribution in [0.15, 0.2) is 101 Å². The van der Waals surface area contributed by atoms with Crippen molar-refractivity contribution in [3.05, 3.63) is 114 Å². The van der Waals surface area contributed by atoms with Crippen LogP contribution in [0, 0.1) is 0 Å². The van der Waals surface area contributed by atoms with Gasteiger partial charge in [0, 0.05) is 32.6 Å². The predicted molar refractivity (Wildman–Crippen MR) is 140 cm³/mol. The van der Waals surface area contributed by atoms with Crippen LogP contribution in [0.5, 0.6) is 0 Å². The molecule has 1 amide bonds. The molecule has 2 heterocycles. The van der Waals surface area contributed by atoms with Crippen LogP contribution in [0.3, 0.4) is 0 Å². The molecule has 0 atom stereocenters. The van der Waals surface area contributed by atoms with Crippen LogP contribution in [0.1, 0.15) is 27.3 Å². The van der Waals surface area contributed by atoms with E-state index in [-0.39, 0.29) is 12.5 Å². The molecule has 3 N–H and O–H groups in total. The highest BCUT2D eigenvalue weighted by molar-refractivity contribution is 7.99. The lowest BCUT2D eigenvalue weighted by Crippen LogP contribution is -2.14. The van der Waals surface area contributed by atoms with Gasteiger partial charge in [-0.05, 0) is 60.7 Å². The molecule has 0 fully saturated rings. The average molecular weight is 479 g/mol. The molecule has 3 aromatic carbocycles. The highest BCUT2D eigenvalue weighted by Gasteiger charge is 2.14. The Morgan fingerprint density at radius 2 is 1.80 bits per heavy atom. The summed E-state index contributed by atoms with van der Waals surface area (Å²) < 4.78 is 0. The third-order valence-corrected chi connectivity index (χ3v) is 6.52. The van der Waals surface area contributed by atoms with Crippen molar-refractivity contribution in [3.8, 4) is 0 Å². The van der Waals surface area contributed by atoms with Gasteiger partial charge in [-0.25, -0.2) is 0 Å². The SMILES string of the molecule is O=C(Nc1ccccc1CO)c1ccccc1Sc1ccc2c(/C=C/c3ccccn3)n[nH]c2c1. The van der Waals surface area contributed by atoms with Crippen molar-refractivity contribution in [1.82, 2.24) is 15.2 Å². The Labute approximate surface area is 206 Å². The van der Waals surface area contributed by atoms with E-state index < -0.39 is 0 Å². The van der Waals surface area contributed by atoms with Crippen LogP contribution in [0.25, 0.3) is 23.1 Å². The number of para-hydroxylation sites is 1. The number of hydrogen-bond acceptors (Lipinski definition) is 5. The molecule has 5 rings (SSSR count). The molecule has 0 radical (unpaired) electrons. The number of hydrogen-bond donors (Lipinski definition) is 3. The number of aromatic amines is 1. The van der Waals surface area contributed by atoms with Crippen LogP contribution in [0.2, 0.25) is 0 Å². The van der Waals surface area contributed by atoms with E-state index in [0.717, 1.165) is 32.1 Å². The minimum absolute atomic E-state index is 0.143. The number of aliphatic hydroxyl groups excluding tert-OH is 1. The van der Waals surface area contributed by atoms with Crippen molar-refractivity contribution in [2.75, 3.05) is 5.32 Å². The van der Waals surface area contributed by atoms with Gasteiger partial charge in [0.1, 0.15) is 0 Å². The third-order valence-electron chi connectivity index (χ3n) is 5.46. The quantitative estimate of drug-likeness (QED) is 0.266. The number of nitrogens with one attached hydrogen (secondary N) is 2. The molecule has 0 unspecified atom stereocenters. The number of pyridine rings is 1. The lowest BCUT2D eigenvalue weighted by atomic mass is 10.1. The van der Waals surface area contributed by atoms with Gasteiger partial charge in [0.05, 0.1) is 29.1 Å². The van der Waals surface area contributed by atoms with Crippen LogP contribution < -0.4 is 5.32 Å². The molecule has 0 aliphatic heterocycles. The third kappa shape index (κ3) is 5.16. The Hall–Kier alpha value is -4.20. The minimum atomic E-state index is -0.224. The summed E-state index contributed by atoms with van der Waals surface area (Å²) in [5, 5.41) is 21.0. The number of carbonyl (C=O) groups excluding carboxylic acids is 1. The first-order valence-electron chi connectivity index (χ1n) is 11.1. The maximum atomic E-state index is 13.1. The molecule has 6 nitrogen and oxygen atoms in total. The molecule has 7 heteroatoms. The standard InChI is InChI=1S/C28H22N4O2S/c33-18-19-7-1-3-10-24(19)30-28(34)23-9-2-4-11-27(23)35-21-13-14-22-25(31-32-26(22)17-21)15-12-20-8-5-6-16-29-20/h1-17,33H,18H2,(H,30,34)(H,31,32)/b15-12+. The molecule has 0 aliphatic rings. The van der Waals surface area contributed by atoms with Gasteiger partial charge in [0.25, 0.3) is 5.91 Å². The van der Waals surface area contributed by atoms with E-state index in [4.69, 9.17) is 0 Å². The van der Waals surface area contributed by atoms with Gasteiger partial charge < -0.3 is 10.4 Å². The average Bonchev–Trinajstić information content (AvgIpc) is 3.31. The van der Waals surface area contributed by atoms with Crippen molar-refractivity contribution in [3.63, 3.8) is 0 Å². The van der Waals surface area contributed by atoms with E-state index in [1.54, 1.807) is 24.4 Å². The van der Waals surface area contributed by atoms with Crippen molar-refractivity contribution in [1.29, 1.82) is 0 Å². The summed E-state index contributed by atoms with van der Waals surface area (Å²) in [6.07, 6.45) is 5.63. The number of fused-ring (bicyclic) bond motifs is 1. The monoisotopic (exact) mass is 478 g/mol. The summed E-state index contributed by atoms with van der Waals surface area (Å²) in [4.78, 5) is 19.2. The zero-order valence-corrected chi connectivity index (χ0v) is 19.5. The molecular formula is C28H22N4O2S. The number of amides is 1. The van der Waals surface area contributed by atoms with Crippen LogP contribution in [-0.2, 0) is 6.61 Å². The van der Waals surface area contributed by atoms with Gasteiger partial charge in [-0.3, -0.25) is 14.9 Å². The molecular weight excluding hydrogens is 456 g/mol. The summed E-state index contributed by atoms with van der Waals surface area (Å²) in [6, 6.07) is 26.6. The van der Waals surface area contributed by atoms with Gasteiger partial charge in [-0.1, -0.05) is 48.2 Å². The number of carbonyl (C=O) groups is 1. The largest absolute Gasteiger partial charge is 0.392 e. The topological polar surface area (TPSA) is 90.9 Å². The number of aromatic nitrogens is 3. The molecule has 0 spiro atoms. The maximum absolute atomic E-state index is 13.1. The molecule has 172 valence electrons. The highest BCUT2D eigenvalue weighted by atomic mass is 32.2. The second kappa shape index (κ2) is 10.4. The van der Waals surface area contributed by atoms with Crippen LogP contribution in [0.4, 0.5) is 5.69 Å². The van der Waals surface area contributed by atoms with Gasteiger partial charge in [-0.15, -0.1) is 0 Å². The number of benzene rings is 3. The Kier molecular flexibility index (Phi) is 6.70. The van der Waals surface area contributed by atoms with Gasteiger partial charge >= 0.3 is 0 Å². The van der Waals surface area contributed by atoms with E-state index in [1.165, 1.54) is 11.8 Å². The van der Waals surface area contributed by atoms with Gasteiger partial charge in [0.2, 0.25) is 0 Å².